The smallest absolute Gasteiger partial charge is 0.304 e. The summed E-state index contributed by atoms with van der Waals surface area (Å²) in [6.45, 7) is 11.1. The average molecular weight is 260 g/mol. The Labute approximate surface area is 117 Å². The van der Waals surface area contributed by atoms with Crippen molar-refractivity contribution >= 4 is 5.97 Å². The number of terminal acetylenes is 1. The van der Waals surface area contributed by atoms with Crippen LogP contribution in [0.5, 0.6) is 0 Å². The Morgan fingerprint density at radius 3 is 2.53 bits per heavy atom. The maximum atomic E-state index is 11.2. The predicted molar refractivity (Wildman–Crippen MR) is 79.5 cm³/mol. The third kappa shape index (κ3) is 7.34. The van der Waals surface area contributed by atoms with E-state index in [1.165, 1.54) is 12.5 Å². The van der Waals surface area contributed by atoms with Gasteiger partial charge in [0.15, 0.2) is 5.60 Å². The number of carbonyl (C=O) groups excluding carboxylic acids is 1. The van der Waals surface area contributed by atoms with Crippen molar-refractivity contribution in [1.29, 1.82) is 0 Å². The highest BCUT2D eigenvalue weighted by Crippen LogP contribution is 2.25. The summed E-state index contributed by atoms with van der Waals surface area (Å²) in [4.78, 5) is 11.2. The number of hydrogen-bond donors (Lipinski definition) is 0. The summed E-state index contributed by atoms with van der Waals surface area (Å²) in [6, 6.07) is 0. The lowest BCUT2D eigenvalue weighted by Crippen LogP contribution is -2.32. The molecule has 0 bridgehead atoms. The Kier molecular flexibility index (Phi) is 7.65. The zero-order valence-electron chi connectivity index (χ0n) is 12.5. The van der Waals surface area contributed by atoms with Gasteiger partial charge < -0.3 is 4.74 Å². The topological polar surface area (TPSA) is 26.3 Å². The number of hydrogen-bond acceptors (Lipinski definition) is 2. The van der Waals surface area contributed by atoms with E-state index in [1.807, 2.05) is 0 Å². The van der Waals surface area contributed by atoms with Crippen LogP contribution in [0.15, 0.2) is 30.0 Å². The minimum absolute atomic E-state index is 0.343. The molecule has 19 heavy (non-hydrogen) atoms. The van der Waals surface area contributed by atoms with Gasteiger partial charge in [-0.3, -0.25) is 4.79 Å². The lowest BCUT2D eigenvalue weighted by Gasteiger charge is -2.26. The van der Waals surface area contributed by atoms with Gasteiger partial charge in [0.2, 0.25) is 0 Å². The summed E-state index contributed by atoms with van der Waals surface area (Å²) in [5.41, 5.74) is 2.93. The molecule has 2 heteroatoms. The Bertz CT molecular complexity index is 415. The van der Waals surface area contributed by atoms with Crippen molar-refractivity contribution < 1.29 is 9.53 Å². The number of esters is 1. The van der Waals surface area contributed by atoms with E-state index in [0.29, 0.717) is 12.3 Å². The van der Waals surface area contributed by atoms with Crippen LogP contribution in [0.3, 0.4) is 0 Å². The fourth-order valence-electron chi connectivity index (χ4n) is 1.96. The van der Waals surface area contributed by atoms with E-state index in [4.69, 9.17) is 11.2 Å². The van der Waals surface area contributed by atoms with Gasteiger partial charge in [0.05, 0.1) is 0 Å². The Morgan fingerprint density at radius 1 is 1.47 bits per heavy atom. The Hall–Kier alpha value is -1.71. The quantitative estimate of drug-likeness (QED) is 0.299. The largest absolute Gasteiger partial charge is 0.442 e. The molecule has 0 aromatic carbocycles. The van der Waals surface area contributed by atoms with Gasteiger partial charge in [-0.05, 0) is 32.6 Å². The minimum atomic E-state index is -1.02. The SMILES string of the molecule is C#CC(C=C=C)(CC(C)CCC=C(C)C)OC(C)=O. The van der Waals surface area contributed by atoms with Crippen LogP contribution in [0.1, 0.15) is 47.0 Å². The molecule has 0 aromatic heterocycles. The molecule has 0 aliphatic carbocycles. The van der Waals surface area contributed by atoms with Crippen molar-refractivity contribution in [2.24, 2.45) is 5.92 Å². The first kappa shape index (κ1) is 17.3. The molecule has 0 amide bonds. The maximum Gasteiger partial charge on any atom is 0.304 e. The lowest BCUT2D eigenvalue weighted by molar-refractivity contribution is -0.149. The number of ether oxygens (including phenoxy) is 1. The highest BCUT2D eigenvalue weighted by atomic mass is 16.6. The van der Waals surface area contributed by atoms with Gasteiger partial charge in [0, 0.05) is 19.4 Å². The van der Waals surface area contributed by atoms with Crippen molar-refractivity contribution in [2.45, 2.75) is 52.6 Å². The number of allylic oxidation sites excluding steroid dienone is 2. The zero-order valence-corrected chi connectivity index (χ0v) is 12.5. The number of carbonyl (C=O) groups is 1. The maximum absolute atomic E-state index is 11.2. The molecule has 0 saturated heterocycles. The fourth-order valence-corrected chi connectivity index (χ4v) is 1.96. The first-order chi connectivity index (χ1) is 8.85. The van der Waals surface area contributed by atoms with Gasteiger partial charge in [-0.1, -0.05) is 31.1 Å². The molecule has 2 unspecified atom stereocenters. The molecule has 0 aromatic rings. The van der Waals surface area contributed by atoms with Crippen LogP contribution in [0.4, 0.5) is 0 Å². The fraction of sp³-hybridized carbons (Fsp3) is 0.529. The highest BCUT2D eigenvalue weighted by Gasteiger charge is 2.30. The zero-order chi connectivity index (χ0) is 14.9. The van der Waals surface area contributed by atoms with Crippen LogP contribution in [-0.4, -0.2) is 11.6 Å². The molecule has 2 nitrogen and oxygen atoms in total. The van der Waals surface area contributed by atoms with E-state index in [1.54, 1.807) is 6.08 Å². The first-order valence-electron chi connectivity index (χ1n) is 6.53. The van der Waals surface area contributed by atoms with Crippen molar-refractivity contribution in [3.05, 3.63) is 30.0 Å². The summed E-state index contributed by atoms with van der Waals surface area (Å²) < 4.78 is 5.28. The highest BCUT2D eigenvalue weighted by molar-refractivity contribution is 5.67. The molecule has 104 valence electrons. The van der Waals surface area contributed by atoms with Crippen molar-refractivity contribution in [3.8, 4) is 12.3 Å². The molecule has 0 heterocycles. The van der Waals surface area contributed by atoms with E-state index in [-0.39, 0.29) is 5.97 Å². The van der Waals surface area contributed by atoms with Crippen molar-refractivity contribution in [1.82, 2.24) is 0 Å². The van der Waals surface area contributed by atoms with Gasteiger partial charge in [0.1, 0.15) is 0 Å². The van der Waals surface area contributed by atoms with Crippen LogP contribution in [0.2, 0.25) is 0 Å². The van der Waals surface area contributed by atoms with Crippen LogP contribution >= 0.6 is 0 Å². The molecule has 0 radical (unpaired) electrons. The summed E-state index contributed by atoms with van der Waals surface area (Å²) in [7, 11) is 0. The second-order valence-electron chi connectivity index (χ2n) is 5.14. The summed E-state index contributed by atoms with van der Waals surface area (Å²) in [6.07, 6.45) is 11.9. The number of rotatable bonds is 7. The lowest BCUT2D eigenvalue weighted by atomic mass is 9.88. The monoisotopic (exact) mass is 260 g/mol. The van der Waals surface area contributed by atoms with Gasteiger partial charge in [0.25, 0.3) is 0 Å². The summed E-state index contributed by atoms with van der Waals surface area (Å²) >= 11 is 0. The minimum Gasteiger partial charge on any atom is -0.442 e. The van der Waals surface area contributed by atoms with Crippen LogP contribution < -0.4 is 0 Å². The normalized spacial score (nSPS) is 14.3. The molecule has 0 rings (SSSR count). The van der Waals surface area contributed by atoms with Crippen molar-refractivity contribution in [3.63, 3.8) is 0 Å². The molecular formula is C17H24O2. The van der Waals surface area contributed by atoms with E-state index in [9.17, 15) is 4.79 Å². The molecule has 2 atom stereocenters. The standard InChI is InChI=1S/C17H24O2/c1-7-12-17(8-2,19-16(6)18)13-15(5)11-9-10-14(3)4/h2,10,12,15H,1,9,11,13H2,3-6H3. The molecule has 0 fully saturated rings. The molecule has 0 aliphatic rings. The van der Waals surface area contributed by atoms with Gasteiger partial charge in [-0.25, -0.2) is 0 Å². The summed E-state index contributed by atoms with van der Waals surface area (Å²) in [5.74, 6) is 2.52. The van der Waals surface area contributed by atoms with Crippen LogP contribution in [0.25, 0.3) is 0 Å². The first-order valence-corrected chi connectivity index (χ1v) is 6.53. The average Bonchev–Trinajstić information content (AvgIpc) is 2.27. The van der Waals surface area contributed by atoms with Crippen LogP contribution in [-0.2, 0) is 9.53 Å². The van der Waals surface area contributed by atoms with E-state index in [2.05, 4.69) is 45.1 Å². The second kappa shape index (κ2) is 8.40. The van der Waals surface area contributed by atoms with E-state index < -0.39 is 5.60 Å². The Balaban J connectivity index is 4.73. The summed E-state index contributed by atoms with van der Waals surface area (Å²) in [5, 5.41) is 0. The Morgan fingerprint density at radius 2 is 2.11 bits per heavy atom. The third-order valence-corrected chi connectivity index (χ3v) is 2.77. The molecule has 0 N–H and O–H groups in total. The van der Waals surface area contributed by atoms with Gasteiger partial charge in [-0.2, -0.15) is 0 Å². The molecule has 0 saturated carbocycles. The third-order valence-electron chi connectivity index (χ3n) is 2.77. The van der Waals surface area contributed by atoms with E-state index in [0.717, 1.165) is 12.8 Å². The molecule has 0 spiro atoms. The predicted octanol–water partition coefficient (Wildman–Crippen LogP) is 4.04. The van der Waals surface area contributed by atoms with Crippen LogP contribution in [0, 0.1) is 18.3 Å². The van der Waals surface area contributed by atoms with Crippen molar-refractivity contribution in [2.75, 3.05) is 0 Å². The van der Waals surface area contributed by atoms with Gasteiger partial charge >= 0.3 is 5.97 Å². The van der Waals surface area contributed by atoms with E-state index >= 15 is 0 Å². The molecule has 0 aliphatic heterocycles. The molecular weight excluding hydrogens is 236 g/mol. The van der Waals surface area contributed by atoms with Gasteiger partial charge in [-0.15, -0.1) is 12.2 Å². The second-order valence-corrected chi connectivity index (χ2v) is 5.14.